The van der Waals surface area contributed by atoms with Gasteiger partial charge in [0.25, 0.3) is 5.91 Å². The Kier molecular flexibility index (Phi) is 6.21. The fourth-order valence-corrected chi connectivity index (χ4v) is 3.60. The molecule has 0 radical (unpaired) electrons. The van der Waals surface area contributed by atoms with Crippen molar-refractivity contribution in [2.45, 2.75) is 39.3 Å². The van der Waals surface area contributed by atoms with Crippen LogP contribution in [0.25, 0.3) is 0 Å². The van der Waals surface area contributed by atoms with Crippen LogP contribution in [0.1, 0.15) is 52.4 Å². The summed E-state index contributed by atoms with van der Waals surface area (Å²) < 4.78 is 10.7. The minimum Gasteiger partial charge on any atom is -0.507 e. The fraction of sp³-hybridized carbons (Fsp3) is 0.409. The molecule has 1 amide bonds. The minimum absolute atomic E-state index is 0.0202. The first-order chi connectivity index (χ1) is 13.5. The summed E-state index contributed by atoms with van der Waals surface area (Å²) in [6.45, 7) is 4.88. The number of methoxy groups -OCH3 is 1. The van der Waals surface area contributed by atoms with Gasteiger partial charge in [-0.15, -0.1) is 0 Å². The molecule has 0 saturated heterocycles. The van der Waals surface area contributed by atoms with Gasteiger partial charge in [0.1, 0.15) is 11.5 Å². The van der Waals surface area contributed by atoms with Crippen LogP contribution in [-0.2, 0) is 24.2 Å². The Labute approximate surface area is 165 Å². The lowest BCUT2D eigenvalue weighted by Gasteiger charge is -2.23. The van der Waals surface area contributed by atoms with Crippen molar-refractivity contribution in [3.63, 3.8) is 0 Å². The molecule has 6 heteroatoms. The van der Waals surface area contributed by atoms with Crippen molar-refractivity contribution in [2.24, 2.45) is 0 Å². The lowest BCUT2D eigenvalue weighted by Crippen LogP contribution is -2.26. The van der Waals surface area contributed by atoms with Gasteiger partial charge in [0.2, 0.25) is 0 Å². The lowest BCUT2D eigenvalue weighted by atomic mass is 9.93. The van der Waals surface area contributed by atoms with E-state index in [9.17, 15) is 15.0 Å². The largest absolute Gasteiger partial charge is 0.507 e. The minimum atomic E-state index is -0.229. The third kappa shape index (κ3) is 3.84. The molecule has 0 fully saturated rings. The number of nitrogens with zero attached hydrogens (tertiary/aromatic N) is 1. The quantitative estimate of drug-likeness (QED) is 0.716. The first kappa shape index (κ1) is 20.2. The zero-order valence-corrected chi connectivity index (χ0v) is 16.6. The highest BCUT2D eigenvalue weighted by Crippen LogP contribution is 2.40. The average Bonchev–Trinajstić information content (AvgIpc) is 3.12. The molecule has 0 unspecified atom stereocenters. The number of hydrogen-bond acceptors (Lipinski definition) is 5. The monoisotopic (exact) mass is 385 g/mol. The maximum Gasteiger partial charge on any atom is 0.258 e. The van der Waals surface area contributed by atoms with E-state index >= 15 is 0 Å². The Morgan fingerprint density at radius 2 is 1.86 bits per heavy atom. The van der Waals surface area contributed by atoms with E-state index < -0.39 is 0 Å². The van der Waals surface area contributed by atoms with Crippen molar-refractivity contribution in [3.8, 4) is 11.5 Å². The molecule has 2 aromatic carbocycles. The summed E-state index contributed by atoms with van der Waals surface area (Å²) in [4.78, 5) is 15.0. The Morgan fingerprint density at radius 1 is 1.21 bits per heavy atom. The maximum atomic E-state index is 13.2. The number of amides is 1. The number of aliphatic hydroxyl groups is 1. The highest BCUT2D eigenvalue weighted by atomic mass is 16.7. The van der Waals surface area contributed by atoms with Gasteiger partial charge in [0, 0.05) is 38.8 Å². The number of phenolic OH excluding ortho intramolecular Hbond substituents is 1. The standard InChI is InChI=1S/C22H27NO5/c1-14(2)18-10-19(20(25)17(8-9-24)21(18)28-13-27-3)22(26)23-11-15-6-4-5-7-16(15)12-23/h4-7,10,14,24-25H,8-9,11-13H2,1-3H3. The van der Waals surface area contributed by atoms with Crippen molar-refractivity contribution in [3.05, 3.63) is 58.1 Å². The molecule has 150 valence electrons. The van der Waals surface area contributed by atoms with Gasteiger partial charge in [-0.2, -0.15) is 0 Å². The predicted octanol–water partition coefficient (Wildman–Crippen LogP) is 3.19. The number of hydrogen-bond donors (Lipinski definition) is 2. The average molecular weight is 385 g/mol. The lowest BCUT2D eigenvalue weighted by molar-refractivity contribution is 0.0491. The van der Waals surface area contributed by atoms with Gasteiger partial charge in [-0.3, -0.25) is 4.79 Å². The first-order valence-electron chi connectivity index (χ1n) is 9.45. The number of fused-ring (bicyclic) bond motifs is 1. The number of phenols is 1. The van der Waals surface area contributed by atoms with E-state index in [2.05, 4.69) is 0 Å². The van der Waals surface area contributed by atoms with Crippen LogP contribution in [0.4, 0.5) is 0 Å². The van der Waals surface area contributed by atoms with E-state index in [4.69, 9.17) is 9.47 Å². The van der Waals surface area contributed by atoms with Crippen LogP contribution < -0.4 is 4.74 Å². The van der Waals surface area contributed by atoms with E-state index in [1.54, 1.807) is 11.0 Å². The van der Waals surface area contributed by atoms with Crippen molar-refractivity contribution < 1.29 is 24.5 Å². The molecule has 6 nitrogen and oxygen atoms in total. The summed E-state index contributed by atoms with van der Waals surface area (Å²) >= 11 is 0. The second-order valence-corrected chi connectivity index (χ2v) is 7.28. The number of rotatable bonds is 7. The van der Waals surface area contributed by atoms with Crippen LogP contribution in [0, 0.1) is 0 Å². The zero-order valence-electron chi connectivity index (χ0n) is 16.6. The number of ether oxygens (including phenoxy) is 2. The smallest absolute Gasteiger partial charge is 0.258 e. The Morgan fingerprint density at radius 3 is 2.39 bits per heavy atom. The van der Waals surface area contributed by atoms with Gasteiger partial charge in [0.05, 0.1) is 5.56 Å². The predicted molar refractivity (Wildman–Crippen MR) is 106 cm³/mol. The Hall–Kier alpha value is -2.57. The molecule has 28 heavy (non-hydrogen) atoms. The van der Waals surface area contributed by atoms with Gasteiger partial charge in [-0.25, -0.2) is 0 Å². The van der Waals surface area contributed by atoms with Crippen molar-refractivity contribution in [1.82, 2.24) is 4.90 Å². The summed E-state index contributed by atoms with van der Waals surface area (Å²) in [7, 11) is 1.52. The van der Waals surface area contributed by atoms with Crippen molar-refractivity contribution >= 4 is 5.91 Å². The topological polar surface area (TPSA) is 79.2 Å². The molecule has 1 aliphatic rings. The molecule has 0 bridgehead atoms. The molecular weight excluding hydrogens is 358 g/mol. The van der Waals surface area contributed by atoms with Crippen LogP contribution in [0.5, 0.6) is 11.5 Å². The van der Waals surface area contributed by atoms with Gasteiger partial charge < -0.3 is 24.6 Å². The maximum absolute atomic E-state index is 13.2. The van der Waals surface area contributed by atoms with Crippen LogP contribution in [-0.4, -0.2) is 41.5 Å². The Balaban J connectivity index is 2.02. The van der Waals surface area contributed by atoms with E-state index in [-0.39, 0.29) is 43.0 Å². The van der Waals surface area contributed by atoms with Crippen LogP contribution in [0.2, 0.25) is 0 Å². The summed E-state index contributed by atoms with van der Waals surface area (Å²) in [6.07, 6.45) is 0.186. The second kappa shape index (κ2) is 8.63. The molecule has 1 heterocycles. The SMILES string of the molecule is COCOc1c(C(C)C)cc(C(=O)N2Cc3ccccc3C2)c(O)c1CCO. The molecule has 0 saturated carbocycles. The van der Waals surface area contributed by atoms with Crippen molar-refractivity contribution in [1.29, 1.82) is 0 Å². The highest BCUT2D eigenvalue weighted by molar-refractivity contribution is 5.98. The first-order valence-corrected chi connectivity index (χ1v) is 9.45. The summed E-state index contributed by atoms with van der Waals surface area (Å²) in [5.74, 6) is 0.176. The molecule has 0 spiro atoms. The molecule has 2 aromatic rings. The molecule has 2 N–H and O–H groups in total. The van der Waals surface area contributed by atoms with Crippen LogP contribution in [0.15, 0.2) is 30.3 Å². The van der Waals surface area contributed by atoms with E-state index in [1.807, 2.05) is 38.1 Å². The number of aliphatic hydroxyl groups excluding tert-OH is 1. The molecular formula is C22H27NO5. The van der Waals surface area contributed by atoms with E-state index in [1.165, 1.54) is 7.11 Å². The van der Waals surface area contributed by atoms with Gasteiger partial charge in [-0.1, -0.05) is 38.1 Å². The molecule has 0 atom stereocenters. The van der Waals surface area contributed by atoms with E-state index in [0.717, 1.165) is 16.7 Å². The summed E-state index contributed by atoms with van der Waals surface area (Å²) in [5.41, 5.74) is 3.72. The summed E-state index contributed by atoms with van der Waals surface area (Å²) in [6, 6.07) is 9.66. The van der Waals surface area contributed by atoms with Gasteiger partial charge in [-0.05, 0) is 28.7 Å². The highest BCUT2D eigenvalue weighted by Gasteiger charge is 2.29. The fourth-order valence-electron chi connectivity index (χ4n) is 3.60. The van der Waals surface area contributed by atoms with Gasteiger partial charge in [0.15, 0.2) is 6.79 Å². The molecule has 0 aromatic heterocycles. The third-order valence-electron chi connectivity index (χ3n) is 5.04. The van der Waals surface area contributed by atoms with Crippen LogP contribution >= 0.6 is 0 Å². The van der Waals surface area contributed by atoms with Crippen molar-refractivity contribution in [2.75, 3.05) is 20.5 Å². The molecule has 0 aliphatic carbocycles. The second-order valence-electron chi connectivity index (χ2n) is 7.28. The van der Waals surface area contributed by atoms with Crippen LogP contribution in [0.3, 0.4) is 0 Å². The zero-order chi connectivity index (χ0) is 20.3. The number of carbonyl (C=O) groups excluding carboxylic acids is 1. The molecule has 3 rings (SSSR count). The molecule has 1 aliphatic heterocycles. The van der Waals surface area contributed by atoms with E-state index in [0.29, 0.717) is 24.4 Å². The van der Waals surface area contributed by atoms with Gasteiger partial charge >= 0.3 is 0 Å². The number of carbonyl (C=O) groups is 1. The number of benzene rings is 2. The Bertz CT molecular complexity index is 837. The normalized spacial score (nSPS) is 13.1. The number of aromatic hydroxyl groups is 1. The summed E-state index contributed by atoms with van der Waals surface area (Å²) in [5, 5.41) is 20.4. The third-order valence-corrected chi connectivity index (χ3v) is 5.04.